The molecule has 0 aromatic heterocycles. The summed E-state index contributed by atoms with van der Waals surface area (Å²) in [4.78, 5) is 11.6. The summed E-state index contributed by atoms with van der Waals surface area (Å²) < 4.78 is 15.2. The number of carbonyl (C=O) groups excluding carboxylic acids is 1. The first-order valence-corrected chi connectivity index (χ1v) is 5.88. The van der Waals surface area contributed by atoms with Gasteiger partial charge in [0.05, 0.1) is 13.0 Å². The molecule has 18 heavy (non-hydrogen) atoms. The topological polar surface area (TPSA) is 44.8 Å². The number of methoxy groups -OCH3 is 2. The molecule has 0 fully saturated rings. The molecule has 0 saturated heterocycles. The summed E-state index contributed by atoms with van der Waals surface area (Å²) in [5.41, 5.74) is 2.12. The Morgan fingerprint density at radius 3 is 2.39 bits per heavy atom. The number of aryl methyl sites for hydroxylation is 1. The maximum atomic E-state index is 11.6. The van der Waals surface area contributed by atoms with E-state index >= 15 is 0 Å². The van der Waals surface area contributed by atoms with Gasteiger partial charge in [0.15, 0.2) is 0 Å². The zero-order chi connectivity index (χ0) is 13.4. The molecule has 1 unspecified atom stereocenters. The van der Waals surface area contributed by atoms with E-state index in [1.54, 1.807) is 14.2 Å². The number of hydrogen-bond donors (Lipinski definition) is 0. The highest BCUT2D eigenvalue weighted by Gasteiger charge is 2.11. The number of rotatable bonds is 7. The molecule has 4 heteroatoms. The lowest BCUT2D eigenvalue weighted by Gasteiger charge is -2.14. The van der Waals surface area contributed by atoms with Gasteiger partial charge >= 0.3 is 5.97 Å². The summed E-state index contributed by atoms with van der Waals surface area (Å²) in [7, 11) is 3.15. The average Bonchev–Trinajstić information content (AvgIpc) is 2.37. The van der Waals surface area contributed by atoms with E-state index in [4.69, 9.17) is 14.2 Å². The van der Waals surface area contributed by atoms with Crippen LogP contribution in [0, 0.1) is 6.92 Å². The highest BCUT2D eigenvalue weighted by molar-refractivity contribution is 5.72. The number of carbonyl (C=O) groups is 1. The van der Waals surface area contributed by atoms with Crippen LogP contribution in [0.1, 0.15) is 11.1 Å². The van der Waals surface area contributed by atoms with Gasteiger partial charge < -0.3 is 14.2 Å². The molecule has 0 N–H and O–H groups in total. The van der Waals surface area contributed by atoms with Crippen LogP contribution in [0.2, 0.25) is 0 Å². The average molecular weight is 252 g/mol. The molecule has 0 aliphatic rings. The van der Waals surface area contributed by atoms with Crippen molar-refractivity contribution >= 4 is 5.97 Å². The van der Waals surface area contributed by atoms with E-state index in [2.05, 4.69) is 0 Å². The Bertz CT molecular complexity index is 359. The van der Waals surface area contributed by atoms with Crippen molar-refractivity contribution in [2.75, 3.05) is 27.4 Å². The van der Waals surface area contributed by atoms with E-state index in [-0.39, 0.29) is 25.1 Å². The van der Waals surface area contributed by atoms with Gasteiger partial charge in [0.1, 0.15) is 12.7 Å². The minimum absolute atomic E-state index is 0.211. The number of hydrogen-bond acceptors (Lipinski definition) is 4. The molecule has 100 valence electrons. The van der Waals surface area contributed by atoms with Gasteiger partial charge in [-0.3, -0.25) is 4.79 Å². The van der Waals surface area contributed by atoms with Crippen molar-refractivity contribution in [2.24, 2.45) is 0 Å². The second-order valence-corrected chi connectivity index (χ2v) is 4.16. The SMILES string of the molecule is COCC(COC(=O)Cc1ccc(C)cc1)OC. The zero-order valence-electron chi connectivity index (χ0n) is 11.1. The molecule has 0 spiro atoms. The highest BCUT2D eigenvalue weighted by Crippen LogP contribution is 2.05. The summed E-state index contributed by atoms with van der Waals surface area (Å²) in [5.74, 6) is -0.253. The Kier molecular flexibility index (Phi) is 6.39. The molecular weight excluding hydrogens is 232 g/mol. The first-order valence-electron chi connectivity index (χ1n) is 5.88. The fourth-order valence-electron chi connectivity index (χ4n) is 1.48. The van der Waals surface area contributed by atoms with E-state index in [9.17, 15) is 4.79 Å². The van der Waals surface area contributed by atoms with Crippen molar-refractivity contribution in [1.29, 1.82) is 0 Å². The lowest BCUT2D eigenvalue weighted by molar-refractivity contribution is -0.147. The van der Waals surface area contributed by atoms with Crippen LogP contribution in [-0.2, 0) is 25.4 Å². The van der Waals surface area contributed by atoms with Crippen LogP contribution in [0.5, 0.6) is 0 Å². The Balaban J connectivity index is 2.35. The Labute approximate surface area is 108 Å². The molecule has 0 radical (unpaired) electrons. The normalized spacial score (nSPS) is 12.2. The van der Waals surface area contributed by atoms with E-state index in [1.165, 1.54) is 5.56 Å². The van der Waals surface area contributed by atoms with Gasteiger partial charge in [-0.25, -0.2) is 0 Å². The van der Waals surface area contributed by atoms with Gasteiger partial charge in [0.25, 0.3) is 0 Å². The van der Waals surface area contributed by atoms with Crippen LogP contribution in [0.4, 0.5) is 0 Å². The largest absolute Gasteiger partial charge is 0.463 e. The quantitative estimate of drug-likeness (QED) is 0.693. The van der Waals surface area contributed by atoms with Gasteiger partial charge in [-0.15, -0.1) is 0 Å². The van der Waals surface area contributed by atoms with E-state index < -0.39 is 0 Å². The first kappa shape index (κ1) is 14.7. The van der Waals surface area contributed by atoms with E-state index in [0.29, 0.717) is 6.61 Å². The van der Waals surface area contributed by atoms with E-state index in [1.807, 2.05) is 31.2 Å². The van der Waals surface area contributed by atoms with Crippen LogP contribution in [0.25, 0.3) is 0 Å². The van der Waals surface area contributed by atoms with Gasteiger partial charge in [-0.2, -0.15) is 0 Å². The highest BCUT2D eigenvalue weighted by atomic mass is 16.6. The van der Waals surface area contributed by atoms with Gasteiger partial charge in [-0.1, -0.05) is 29.8 Å². The van der Waals surface area contributed by atoms with Crippen LogP contribution < -0.4 is 0 Å². The second-order valence-electron chi connectivity index (χ2n) is 4.16. The van der Waals surface area contributed by atoms with Crippen LogP contribution >= 0.6 is 0 Å². The van der Waals surface area contributed by atoms with Crippen molar-refractivity contribution in [1.82, 2.24) is 0 Å². The fourth-order valence-corrected chi connectivity index (χ4v) is 1.48. The van der Waals surface area contributed by atoms with Crippen LogP contribution in [0.3, 0.4) is 0 Å². The summed E-state index contributed by atoms with van der Waals surface area (Å²) in [6.07, 6.45) is 0.0703. The minimum Gasteiger partial charge on any atom is -0.463 e. The molecule has 0 aliphatic heterocycles. The molecule has 0 saturated carbocycles. The molecule has 0 aliphatic carbocycles. The lowest BCUT2D eigenvalue weighted by atomic mass is 10.1. The Hall–Kier alpha value is -1.39. The summed E-state index contributed by atoms with van der Waals surface area (Å²) in [5, 5.41) is 0. The molecule has 1 aromatic carbocycles. The van der Waals surface area contributed by atoms with Crippen molar-refractivity contribution in [3.05, 3.63) is 35.4 Å². The molecule has 1 rings (SSSR count). The third-order valence-electron chi connectivity index (χ3n) is 2.59. The summed E-state index contributed by atoms with van der Waals surface area (Å²) >= 11 is 0. The van der Waals surface area contributed by atoms with Crippen LogP contribution in [-0.4, -0.2) is 39.5 Å². The molecule has 0 amide bonds. The minimum atomic E-state index is -0.253. The zero-order valence-corrected chi connectivity index (χ0v) is 11.1. The molecule has 0 heterocycles. The molecule has 4 nitrogen and oxygen atoms in total. The number of esters is 1. The van der Waals surface area contributed by atoms with E-state index in [0.717, 1.165) is 5.56 Å². The maximum Gasteiger partial charge on any atom is 0.310 e. The van der Waals surface area contributed by atoms with Crippen LogP contribution in [0.15, 0.2) is 24.3 Å². The predicted octanol–water partition coefficient (Wildman–Crippen LogP) is 1.74. The maximum absolute atomic E-state index is 11.6. The summed E-state index contributed by atoms with van der Waals surface area (Å²) in [6.45, 7) is 2.64. The van der Waals surface area contributed by atoms with Crippen molar-refractivity contribution in [3.8, 4) is 0 Å². The molecule has 0 bridgehead atoms. The van der Waals surface area contributed by atoms with Gasteiger partial charge in [0.2, 0.25) is 0 Å². The lowest BCUT2D eigenvalue weighted by Crippen LogP contribution is -2.25. The third-order valence-corrected chi connectivity index (χ3v) is 2.59. The Morgan fingerprint density at radius 2 is 1.83 bits per heavy atom. The molecule has 1 atom stereocenters. The summed E-state index contributed by atoms with van der Waals surface area (Å²) in [6, 6.07) is 7.82. The molecular formula is C14H20O4. The standard InChI is InChI=1S/C14H20O4/c1-11-4-6-12(7-5-11)8-14(15)18-10-13(17-3)9-16-2/h4-7,13H,8-10H2,1-3H3. The predicted molar refractivity (Wildman–Crippen MR) is 68.5 cm³/mol. The number of benzene rings is 1. The van der Waals surface area contributed by atoms with Gasteiger partial charge in [-0.05, 0) is 12.5 Å². The Morgan fingerprint density at radius 1 is 1.17 bits per heavy atom. The van der Waals surface area contributed by atoms with Crippen molar-refractivity contribution < 1.29 is 19.0 Å². The van der Waals surface area contributed by atoms with Crippen molar-refractivity contribution in [2.45, 2.75) is 19.4 Å². The number of ether oxygens (including phenoxy) is 3. The third kappa shape index (κ3) is 5.29. The first-order chi connectivity index (χ1) is 8.65. The smallest absolute Gasteiger partial charge is 0.310 e. The molecule has 1 aromatic rings. The van der Waals surface area contributed by atoms with Gasteiger partial charge in [0, 0.05) is 14.2 Å². The van der Waals surface area contributed by atoms with Crippen molar-refractivity contribution in [3.63, 3.8) is 0 Å². The monoisotopic (exact) mass is 252 g/mol. The fraction of sp³-hybridized carbons (Fsp3) is 0.500. The second kappa shape index (κ2) is 7.84.